The molecule has 1 heterocycles. The first-order valence-electron chi connectivity index (χ1n) is 5.84. The third kappa shape index (κ3) is 2.18. The molecule has 22 heavy (non-hydrogen) atoms. The Balaban J connectivity index is 2.98. The summed E-state index contributed by atoms with van der Waals surface area (Å²) < 4.78 is 45.1. The monoisotopic (exact) mass is 316 g/mol. The molecule has 2 rings (SSSR count). The van der Waals surface area contributed by atoms with Gasteiger partial charge in [0.15, 0.2) is 5.82 Å². The Labute approximate surface area is 119 Å². The van der Waals surface area contributed by atoms with Gasteiger partial charge in [0.1, 0.15) is 10.9 Å². The fourth-order valence-corrected chi connectivity index (χ4v) is 1.88. The topological polar surface area (TPSA) is 102 Å². The van der Waals surface area contributed by atoms with Crippen LogP contribution in [0.3, 0.4) is 0 Å². The SMILES string of the molecule is CCOC(=O)c1c[nH]c2c(F)c(F)c(F)c([N+](=O)[O-])c2c1=O. The normalized spacial score (nSPS) is 10.7. The van der Waals surface area contributed by atoms with E-state index in [0.29, 0.717) is 6.20 Å². The molecule has 7 nitrogen and oxygen atoms in total. The van der Waals surface area contributed by atoms with E-state index in [1.165, 1.54) is 6.92 Å². The Morgan fingerprint density at radius 1 is 1.32 bits per heavy atom. The zero-order valence-electron chi connectivity index (χ0n) is 10.9. The maximum absolute atomic E-state index is 13.6. The number of H-pyrrole nitrogens is 1. The number of aromatic nitrogens is 1. The summed E-state index contributed by atoms with van der Waals surface area (Å²) in [5.74, 6) is -7.16. The van der Waals surface area contributed by atoms with Crippen LogP contribution in [0.25, 0.3) is 10.9 Å². The molecule has 0 fully saturated rings. The van der Waals surface area contributed by atoms with Crippen molar-refractivity contribution in [2.24, 2.45) is 0 Å². The summed E-state index contributed by atoms with van der Waals surface area (Å²) in [6, 6.07) is 0. The summed E-state index contributed by atoms with van der Waals surface area (Å²) in [5.41, 5.74) is -4.50. The van der Waals surface area contributed by atoms with E-state index in [1.54, 1.807) is 0 Å². The van der Waals surface area contributed by atoms with Crippen LogP contribution in [0.5, 0.6) is 0 Å². The lowest BCUT2D eigenvalue weighted by Gasteiger charge is -2.06. The van der Waals surface area contributed by atoms with E-state index in [2.05, 4.69) is 4.74 Å². The molecule has 0 saturated carbocycles. The minimum Gasteiger partial charge on any atom is -0.462 e. The number of ether oxygens (including phenoxy) is 1. The van der Waals surface area contributed by atoms with Gasteiger partial charge in [0.2, 0.25) is 17.1 Å². The fourth-order valence-electron chi connectivity index (χ4n) is 1.88. The number of rotatable bonds is 3. The number of hydrogen-bond acceptors (Lipinski definition) is 5. The minimum atomic E-state index is -2.12. The van der Waals surface area contributed by atoms with Crippen LogP contribution in [0, 0.1) is 27.6 Å². The average molecular weight is 316 g/mol. The van der Waals surface area contributed by atoms with Crippen LogP contribution < -0.4 is 5.43 Å². The van der Waals surface area contributed by atoms with Gasteiger partial charge in [-0.1, -0.05) is 0 Å². The van der Waals surface area contributed by atoms with Crippen LogP contribution in [0.15, 0.2) is 11.0 Å². The van der Waals surface area contributed by atoms with Gasteiger partial charge in [-0.3, -0.25) is 14.9 Å². The van der Waals surface area contributed by atoms with Gasteiger partial charge in [0, 0.05) is 6.20 Å². The van der Waals surface area contributed by atoms with E-state index in [1.807, 2.05) is 4.98 Å². The van der Waals surface area contributed by atoms with Gasteiger partial charge in [0.05, 0.1) is 17.0 Å². The zero-order chi connectivity index (χ0) is 16.6. The molecule has 0 aliphatic carbocycles. The van der Waals surface area contributed by atoms with Gasteiger partial charge >= 0.3 is 11.7 Å². The molecule has 0 amide bonds. The van der Waals surface area contributed by atoms with E-state index in [4.69, 9.17) is 0 Å². The number of benzene rings is 1. The predicted molar refractivity (Wildman–Crippen MR) is 67.1 cm³/mol. The van der Waals surface area contributed by atoms with Crippen molar-refractivity contribution in [3.63, 3.8) is 0 Å². The molecule has 1 N–H and O–H groups in total. The predicted octanol–water partition coefficient (Wildman–Crippen LogP) is 2.03. The summed E-state index contributed by atoms with van der Waals surface area (Å²) in [6.45, 7) is 1.36. The number of nitrogens with one attached hydrogen (secondary N) is 1. The van der Waals surface area contributed by atoms with E-state index < -0.39 is 55.9 Å². The second-order valence-electron chi connectivity index (χ2n) is 4.05. The number of hydrogen-bond donors (Lipinski definition) is 1. The first-order valence-corrected chi connectivity index (χ1v) is 5.84. The van der Waals surface area contributed by atoms with Crippen LogP contribution >= 0.6 is 0 Å². The summed E-state index contributed by atoms with van der Waals surface area (Å²) in [7, 11) is 0. The first kappa shape index (κ1) is 15.5. The number of nitro benzene ring substituents is 1. The Morgan fingerprint density at radius 2 is 1.95 bits per heavy atom. The first-order chi connectivity index (χ1) is 10.3. The number of halogens is 3. The van der Waals surface area contributed by atoms with Crippen molar-refractivity contribution in [1.82, 2.24) is 4.98 Å². The van der Waals surface area contributed by atoms with Gasteiger partial charge in [0.25, 0.3) is 0 Å². The van der Waals surface area contributed by atoms with Crippen LogP contribution in [0.4, 0.5) is 18.9 Å². The minimum absolute atomic E-state index is 0.0927. The highest BCUT2D eigenvalue weighted by molar-refractivity contribution is 5.96. The van der Waals surface area contributed by atoms with E-state index in [-0.39, 0.29) is 6.61 Å². The third-order valence-corrected chi connectivity index (χ3v) is 2.81. The van der Waals surface area contributed by atoms with Crippen molar-refractivity contribution in [3.05, 3.63) is 49.5 Å². The Morgan fingerprint density at radius 3 is 2.50 bits per heavy atom. The van der Waals surface area contributed by atoms with Crippen LogP contribution in [-0.2, 0) is 4.74 Å². The number of aromatic amines is 1. The molecule has 0 radical (unpaired) electrons. The van der Waals surface area contributed by atoms with E-state index >= 15 is 0 Å². The molecule has 2 aromatic rings. The Kier molecular flexibility index (Phi) is 3.85. The Hall–Kier alpha value is -2.91. The number of nitrogens with zero attached hydrogens (tertiary/aromatic N) is 1. The molecule has 0 aliphatic heterocycles. The van der Waals surface area contributed by atoms with E-state index in [0.717, 1.165) is 0 Å². The van der Waals surface area contributed by atoms with Crippen LogP contribution in [0.1, 0.15) is 17.3 Å². The highest BCUT2D eigenvalue weighted by Gasteiger charge is 2.31. The lowest BCUT2D eigenvalue weighted by atomic mass is 10.1. The van der Waals surface area contributed by atoms with Gasteiger partial charge in [-0.25, -0.2) is 13.6 Å². The molecule has 0 unspecified atom stereocenters. The van der Waals surface area contributed by atoms with Gasteiger partial charge in [-0.2, -0.15) is 4.39 Å². The number of esters is 1. The molecule has 0 aliphatic rings. The maximum Gasteiger partial charge on any atom is 0.343 e. The molecule has 0 spiro atoms. The molecule has 0 atom stereocenters. The molecule has 116 valence electrons. The largest absolute Gasteiger partial charge is 0.462 e. The molecule has 1 aromatic carbocycles. The maximum atomic E-state index is 13.6. The lowest BCUT2D eigenvalue weighted by Crippen LogP contribution is -2.20. The van der Waals surface area contributed by atoms with Gasteiger partial charge < -0.3 is 9.72 Å². The molecule has 1 aromatic heterocycles. The lowest BCUT2D eigenvalue weighted by molar-refractivity contribution is -0.386. The molecule has 10 heteroatoms. The second-order valence-corrected chi connectivity index (χ2v) is 4.05. The standard InChI is InChI=1S/C12H7F3N2O5/c1-2-22-12(19)4-3-16-9-5(11(4)18)10(17(20)21)8(15)6(13)7(9)14/h3H,2H2,1H3,(H,16,18). The number of nitro groups is 1. The molecule has 0 bridgehead atoms. The van der Waals surface area contributed by atoms with Crippen LogP contribution in [0.2, 0.25) is 0 Å². The van der Waals surface area contributed by atoms with Crippen molar-refractivity contribution >= 4 is 22.6 Å². The fraction of sp³-hybridized carbons (Fsp3) is 0.167. The van der Waals surface area contributed by atoms with Crippen molar-refractivity contribution < 1.29 is 27.6 Å². The van der Waals surface area contributed by atoms with Crippen molar-refractivity contribution in [1.29, 1.82) is 0 Å². The third-order valence-electron chi connectivity index (χ3n) is 2.81. The van der Waals surface area contributed by atoms with Crippen molar-refractivity contribution in [2.45, 2.75) is 6.92 Å². The van der Waals surface area contributed by atoms with Crippen LogP contribution in [-0.4, -0.2) is 22.5 Å². The van der Waals surface area contributed by atoms with Gasteiger partial charge in [-0.05, 0) is 6.92 Å². The zero-order valence-corrected chi connectivity index (χ0v) is 10.9. The smallest absolute Gasteiger partial charge is 0.343 e. The number of carbonyl (C=O) groups excluding carboxylic acids is 1. The summed E-state index contributed by atoms with van der Waals surface area (Å²) in [4.78, 5) is 35.2. The highest BCUT2D eigenvalue weighted by atomic mass is 19.2. The second kappa shape index (κ2) is 5.47. The molecule has 0 saturated heterocycles. The summed E-state index contributed by atoms with van der Waals surface area (Å²) in [6.07, 6.45) is 0.715. The Bertz CT molecular complexity index is 862. The van der Waals surface area contributed by atoms with Gasteiger partial charge in [-0.15, -0.1) is 0 Å². The molecular formula is C12H7F3N2O5. The quantitative estimate of drug-likeness (QED) is 0.404. The highest BCUT2D eigenvalue weighted by Crippen LogP contribution is 2.30. The summed E-state index contributed by atoms with van der Waals surface area (Å²) in [5, 5.41) is 9.79. The van der Waals surface area contributed by atoms with Crippen molar-refractivity contribution in [3.8, 4) is 0 Å². The van der Waals surface area contributed by atoms with Crippen molar-refractivity contribution in [2.75, 3.05) is 6.61 Å². The average Bonchev–Trinajstić information content (AvgIpc) is 2.46. The number of pyridine rings is 1. The molecular weight excluding hydrogens is 309 g/mol. The summed E-state index contributed by atoms with van der Waals surface area (Å²) >= 11 is 0. The van der Waals surface area contributed by atoms with E-state index in [9.17, 15) is 32.9 Å². The number of fused-ring (bicyclic) bond motifs is 1. The number of carbonyl (C=O) groups is 1.